The second-order valence-corrected chi connectivity index (χ2v) is 9.15. The zero-order chi connectivity index (χ0) is 21.8. The molecule has 4 aromatic rings. The van der Waals surface area contributed by atoms with Crippen molar-refractivity contribution >= 4 is 22.2 Å². The van der Waals surface area contributed by atoms with Gasteiger partial charge in [0.1, 0.15) is 11.4 Å². The highest BCUT2D eigenvalue weighted by Gasteiger charge is 2.20. The van der Waals surface area contributed by atoms with Crippen molar-refractivity contribution in [2.24, 2.45) is 0 Å². The molecule has 0 atom stereocenters. The number of aromatic nitrogens is 2. The highest BCUT2D eigenvalue weighted by atomic mass is 32.1. The predicted molar refractivity (Wildman–Crippen MR) is 126 cm³/mol. The van der Waals surface area contributed by atoms with Crippen molar-refractivity contribution in [1.29, 1.82) is 0 Å². The SMILES string of the molecule is CC(C)(C)c1ccccc1Oc1ncccc1Nc1nc(CO)c(-c2ccccc2)s1. The number of hydrogen-bond donors (Lipinski definition) is 2. The van der Waals surface area contributed by atoms with Crippen molar-refractivity contribution < 1.29 is 9.84 Å². The second kappa shape index (κ2) is 8.88. The van der Waals surface area contributed by atoms with Crippen molar-refractivity contribution in [3.63, 3.8) is 0 Å². The number of ether oxygens (including phenoxy) is 1. The maximum atomic E-state index is 9.79. The van der Waals surface area contributed by atoms with Crippen molar-refractivity contribution in [2.45, 2.75) is 32.8 Å². The van der Waals surface area contributed by atoms with Crippen molar-refractivity contribution in [3.05, 3.63) is 84.2 Å². The maximum Gasteiger partial charge on any atom is 0.243 e. The summed E-state index contributed by atoms with van der Waals surface area (Å²) in [7, 11) is 0. The van der Waals surface area contributed by atoms with E-state index in [0.29, 0.717) is 22.4 Å². The first-order valence-electron chi connectivity index (χ1n) is 10.1. The lowest BCUT2D eigenvalue weighted by Crippen LogP contribution is -2.12. The average molecular weight is 432 g/mol. The molecule has 0 saturated carbocycles. The van der Waals surface area contributed by atoms with Gasteiger partial charge in [0, 0.05) is 11.8 Å². The smallest absolute Gasteiger partial charge is 0.243 e. The summed E-state index contributed by atoms with van der Waals surface area (Å²) in [4.78, 5) is 9.96. The van der Waals surface area contributed by atoms with E-state index >= 15 is 0 Å². The van der Waals surface area contributed by atoms with Gasteiger partial charge < -0.3 is 15.2 Å². The van der Waals surface area contributed by atoms with Gasteiger partial charge in [-0.3, -0.25) is 0 Å². The van der Waals surface area contributed by atoms with Crippen LogP contribution in [0.1, 0.15) is 32.0 Å². The maximum absolute atomic E-state index is 9.79. The zero-order valence-corrected chi connectivity index (χ0v) is 18.6. The molecule has 2 aromatic heterocycles. The molecular weight excluding hydrogens is 406 g/mol. The Morgan fingerprint density at radius 2 is 1.71 bits per heavy atom. The summed E-state index contributed by atoms with van der Waals surface area (Å²) in [6, 6.07) is 21.7. The topological polar surface area (TPSA) is 67.3 Å². The molecule has 0 unspecified atom stereocenters. The van der Waals surface area contributed by atoms with Gasteiger partial charge >= 0.3 is 0 Å². The number of aliphatic hydroxyl groups excluding tert-OH is 1. The zero-order valence-electron chi connectivity index (χ0n) is 17.8. The van der Waals surface area contributed by atoms with E-state index in [4.69, 9.17) is 4.74 Å². The summed E-state index contributed by atoms with van der Waals surface area (Å²) in [5, 5.41) is 13.8. The number of benzene rings is 2. The standard InChI is InChI=1S/C25H25N3O2S/c1-25(2,3)18-12-7-8-14-21(18)30-23-19(13-9-15-26-23)27-24-28-20(16-29)22(31-24)17-10-5-4-6-11-17/h4-15,29H,16H2,1-3H3,(H,27,28). The number of hydrogen-bond acceptors (Lipinski definition) is 6. The van der Waals surface area contributed by atoms with E-state index in [-0.39, 0.29) is 12.0 Å². The first-order valence-corrected chi connectivity index (χ1v) is 10.9. The van der Waals surface area contributed by atoms with Gasteiger partial charge in [0.2, 0.25) is 5.88 Å². The molecule has 4 rings (SSSR count). The molecule has 2 heterocycles. The minimum absolute atomic E-state index is 0.0606. The van der Waals surface area contributed by atoms with Gasteiger partial charge in [0.05, 0.1) is 17.2 Å². The Morgan fingerprint density at radius 3 is 2.45 bits per heavy atom. The summed E-state index contributed by atoms with van der Waals surface area (Å²) >= 11 is 1.49. The van der Waals surface area contributed by atoms with E-state index in [1.807, 2.05) is 60.7 Å². The van der Waals surface area contributed by atoms with E-state index in [2.05, 4.69) is 42.1 Å². The number of para-hydroxylation sites is 1. The fourth-order valence-electron chi connectivity index (χ4n) is 3.29. The van der Waals surface area contributed by atoms with Crippen LogP contribution in [0.5, 0.6) is 11.6 Å². The molecule has 0 aliphatic heterocycles. The minimum atomic E-state index is -0.127. The largest absolute Gasteiger partial charge is 0.437 e. The Kier molecular flexibility index (Phi) is 6.02. The lowest BCUT2D eigenvalue weighted by Gasteiger charge is -2.22. The molecule has 31 heavy (non-hydrogen) atoms. The Hall–Kier alpha value is -3.22. The quantitative estimate of drug-likeness (QED) is 0.363. The molecule has 2 aromatic carbocycles. The highest BCUT2D eigenvalue weighted by molar-refractivity contribution is 7.19. The monoisotopic (exact) mass is 431 g/mol. The average Bonchev–Trinajstić information content (AvgIpc) is 3.18. The molecular formula is C25H25N3O2S. The second-order valence-electron chi connectivity index (χ2n) is 8.15. The number of aliphatic hydroxyl groups is 1. The summed E-state index contributed by atoms with van der Waals surface area (Å²) in [6.07, 6.45) is 1.70. The number of pyridine rings is 1. The normalized spacial score (nSPS) is 11.4. The van der Waals surface area contributed by atoms with Crippen LogP contribution < -0.4 is 10.1 Å². The van der Waals surface area contributed by atoms with E-state index in [0.717, 1.165) is 21.8 Å². The van der Waals surface area contributed by atoms with E-state index in [9.17, 15) is 5.11 Å². The third kappa shape index (κ3) is 4.76. The lowest BCUT2D eigenvalue weighted by molar-refractivity contribution is 0.278. The molecule has 158 valence electrons. The van der Waals surface area contributed by atoms with Gasteiger partial charge in [-0.25, -0.2) is 9.97 Å². The third-order valence-electron chi connectivity index (χ3n) is 4.80. The first-order chi connectivity index (χ1) is 15.0. The van der Waals surface area contributed by atoms with Crippen LogP contribution in [0, 0.1) is 0 Å². The van der Waals surface area contributed by atoms with Crippen molar-refractivity contribution in [2.75, 3.05) is 5.32 Å². The Morgan fingerprint density at radius 1 is 0.968 bits per heavy atom. The van der Waals surface area contributed by atoms with Crippen LogP contribution in [0.15, 0.2) is 72.9 Å². The highest BCUT2D eigenvalue weighted by Crippen LogP contribution is 2.38. The van der Waals surface area contributed by atoms with Crippen LogP contribution in [0.2, 0.25) is 0 Å². The third-order valence-corrected chi connectivity index (χ3v) is 5.86. The van der Waals surface area contributed by atoms with Crippen molar-refractivity contribution in [3.8, 4) is 22.1 Å². The summed E-state index contributed by atoms with van der Waals surface area (Å²) in [5.41, 5.74) is 3.43. The molecule has 2 N–H and O–H groups in total. The molecule has 0 radical (unpaired) electrons. The van der Waals surface area contributed by atoms with E-state index < -0.39 is 0 Å². The molecule has 0 aliphatic carbocycles. The van der Waals surface area contributed by atoms with E-state index in [1.54, 1.807) is 6.20 Å². The van der Waals surface area contributed by atoms with Gasteiger partial charge in [-0.2, -0.15) is 0 Å². The molecule has 0 fully saturated rings. The fourth-order valence-corrected chi connectivity index (χ4v) is 4.28. The van der Waals surface area contributed by atoms with Gasteiger partial charge in [0.25, 0.3) is 0 Å². The van der Waals surface area contributed by atoms with Crippen LogP contribution in [0.25, 0.3) is 10.4 Å². The summed E-state index contributed by atoms with van der Waals surface area (Å²) in [6.45, 7) is 6.34. The number of nitrogens with one attached hydrogen (secondary N) is 1. The number of nitrogens with zero attached hydrogens (tertiary/aromatic N) is 2. The Labute approximate surface area is 186 Å². The van der Waals surface area contributed by atoms with Gasteiger partial charge in [-0.1, -0.05) is 80.6 Å². The first kappa shape index (κ1) is 21.0. The summed E-state index contributed by atoms with van der Waals surface area (Å²) in [5.74, 6) is 1.25. The van der Waals surface area contributed by atoms with Gasteiger partial charge in [-0.05, 0) is 29.2 Å². The molecule has 0 bridgehead atoms. The Balaban J connectivity index is 1.65. The molecule has 5 nitrogen and oxygen atoms in total. The number of rotatable bonds is 6. The van der Waals surface area contributed by atoms with Crippen molar-refractivity contribution in [1.82, 2.24) is 9.97 Å². The number of thiazole rings is 1. The molecule has 0 spiro atoms. The van der Waals surface area contributed by atoms with E-state index in [1.165, 1.54) is 11.3 Å². The molecule has 6 heteroatoms. The van der Waals surface area contributed by atoms with Gasteiger partial charge in [-0.15, -0.1) is 0 Å². The van der Waals surface area contributed by atoms with Gasteiger partial charge in [0.15, 0.2) is 5.13 Å². The predicted octanol–water partition coefficient (Wildman–Crippen LogP) is 6.53. The molecule has 0 saturated heterocycles. The van der Waals surface area contributed by atoms with Crippen LogP contribution in [-0.2, 0) is 12.0 Å². The van der Waals surface area contributed by atoms with Crippen LogP contribution in [-0.4, -0.2) is 15.1 Å². The lowest BCUT2D eigenvalue weighted by atomic mass is 9.86. The fraction of sp³-hybridized carbons (Fsp3) is 0.200. The minimum Gasteiger partial charge on any atom is -0.437 e. The van der Waals surface area contributed by atoms with Crippen LogP contribution >= 0.6 is 11.3 Å². The Bertz CT molecular complexity index is 1170. The van der Waals surface area contributed by atoms with Crippen LogP contribution in [0.4, 0.5) is 10.8 Å². The summed E-state index contributed by atoms with van der Waals surface area (Å²) < 4.78 is 6.24. The molecule has 0 aliphatic rings. The number of anilines is 2. The van der Waals surface area contributed by atoms with Crippen LogP contribution in [0.3, 0.4) is 0 Å². The molecule has 0 amide bonds.